The van der Waals surface area contributed by atoms with Crippen LogP contribution in [-0.2, 0) is 16.4 Å². The van der Waals surface area contributed by atoms with Gasteiger partial charge in [0.05, 0.1) is 4.90 Å². The fourth-order valence-electron chi connectivity index (χ4n) is 2.32. The summed E-state index contributed by atoms with van der Waals surface area (Å²) in [4.78, 5) is 4.45. The molecular formula is C17H17N2O2S2-. The Labute approximate surface area is 140 Å². The highest BCUT2D eigenvalue weighted by atomic mass is 32.2. The van der Waals surface area contributed by atoms with Crippen molar-refractivity contribution >= 4 is 36.7 Å². The van der Waals surface area contributed by atoms with E-state index < -0.39 is 10.0 Å². The first kappa shape index (κ1) is 16.0. The molecule has 0 unspecified atom stereocenters. The molecule has 1 aromatic heterocycles. The predicted octanol–water partition coefficient (Wildman–Crippen LogP) is 4.89. The zero-order chi connectivity index (χ0) is 16.4. The zero-order valence-electron chi connectivity index (χ0n) is 12.9. The molecule has 23 heavy (non-hydrogen) atoms. The van der Waals surface area contributed by atoms with Crippen molar-refractivity contribution in [1.29, 1.82) is 0 Å². The molecule has 120 valence electrons. The second kappa shape index (κ2) is 6.29. The summed E-state index contributed by atoms with van der Waals surface area (Å²) >= 11 is 1.27. The van der Waals surface area contributed by atoms with E-state index in [0.717, 1.165) is 22.2 Å². The fourth-order valence-corrected chi connectivity index (χ4v) is 4.30. The minimum Gasteiger partial charge on any atom is -0.426 e. The fraction of sp³-hybridized carbons (Fsp3) is 0.235. The van der Waals surface area contributed by atoms with Gasteiger partial charge in [0.1, 0.15) is 0 Å². The average molecular weight is 345 g/mol. The van der Waals surface area contributed by atoms with Gasteiger partial charge in [-0.15, -0.1) is 11.3 Å². The quantitative estimate of drug-likeness (QED) is 0.661. The number of benzene rings is 2. The van der Waals surface area contributed by atoms with E-state index in [1.165, 1.54) is 11.3 Å². The average Bonchev–Trinajstić information content (AvgIpc) is 2.88. The molecule has 0 atom stereocenters. The number of rotatable bonds is 5. The third-order valence-electron chi connectivity index (χ3n) is 3.35. The number of hydrogen-bond acceptors (Lipinski definition) is 4. The van der Waals surface area contributed by atoms with Gasteiger partial charge in [-0.2, -0.15) is 0 Å². The molecule has 0 saturated carbocycles. The van der Waals surface area contributed by atoms with Crippen molar-refractivity contribution < 1.29 is 8.42 Å². The van der Waals surface area contributed by atoms with Crippen molar-refractivity contribution in [2.75, 3.05) is 0 Å². The standard InChI is InChI=1S/C17H17N2O2S2/c1-12(2)11-13-7-9-14(10-8-13)23(20,21)19-17-18-15-5-3-4-6-16(15)22-17/h3-10,12H,11H2,1-2H3/q-1. The molecule has 0 amide bonds. The zero-order valence-corrected chi connectivity index (χ0v) is 14.6. The monoisotopic (exact) mass is 345 g/mol. The Morgan fingerprint density at radius 1 is 1.09 bits per heavy atom. The van der Waals surface area contributed by atoms with Crippen LogP contribution in [-0.4, -0.2) is 13.4 Å². The van der Waals surface area contributed by atoms with Crippen LogP contribution in [0.15, 0.2) is 53.4 Å². The molecule has 4 nitrogen and oxygen atoms in total. The number of aromatic nitrogens is 1. The van der Waals surface area contributed by atoms with Crippen molar-refractivity contribution in [2.24, 2.45) is 5.92 Å². The van der Waals surface area contributed by atoms with Gasteiger partial charge in [0.15, 0.2) is 0 Å². The highest BCUT2D eigenvalue weighted by Gasteiger charge is 2.11. The van der Waals surface area contributed by atoms with Crippen LogP contribution >= 0.6 is 11.3 Å². The van der Waals surface area contributed by atoms with Crippen LogP contribution in [0.3, 0.4) is 0 Å². The van der Waals surface area contributed by atoms with E-state index >= 15 is 0 Å². The van der Waals surface area contributed by atoms with Crippen molar-refractivity contribution in [1.82, 2.24) is 4.98 Å². The molecule has 0 fully saturated rings. The summed E-state index contributed by atoms with van der Waals surface area (Å²) in [5, 5.41) is 0.262. The van der Waals surface area contributed by atoms with Crippen LogP contribution in [0.25, 0.3) is 14.9 Å². The SMILES string of the molecule is CC(C)Cc1ccc(S(=O)(=O)[N-]c2nc3ccccc3s2)cc1. The Bertz CT molecular complexity index is 880. The highest BCUT2D eigenvalue weighted by Crippen LogP contribution is 2.35. The van der Waals surface area contributed by atoms with Gasteiger partial charge in [-0.3, -0.25) is 0 Å². The Balaban J connectivity index is 1.83. The van der Waals surface area contributed by atoms with E-state index in [-0.39, 0.29) is 10.0 Å². The van der Waals surface area contributed by atoms with Gasteiger partial charge in [0.2, 0.25) is 10.0 Å². The lowest BCUT2D eigenvalue weighted by atomic mass is 10.0. The summed E-state index contributed by atoms with van der Waals surface area (Å²) in [5.41, 5.74) is 1.89. The van der Waals surface area contributed by atoms with Gasteiger partial charge in [0, 0.05) is 9.83 Å². The van der Waals surface area contributed by atoms with Gasteiger partial charge in [-0.1, -0.05) is 44.2 Å². The maximum Gasteiger partial charge on any atom is 0.202 e. The number of fused-ring (bicyclic) bond motifs is 1. The summed E-state index contributed by atoms with van der Waals surface area (Å²) in [6, 6.07) is 14.4. The van der Waals surface area contributed by atoms with Crippen LogP contribution in [0.5, 0.6) is 0 Å². The van der Waals surface area contributed by atoms with E-state index in [9.17, 15) is 8.42 Å². The molecule has 1 heterocycles. The highest BCUT2D eigenvalue weighted by molar-refractivity contribution is 7.94. The van der Waals surface area contributed by atoms with Gasteiger partial charge in [0.25, 0.3) is 0 Å². The molecule has 0 radical (unpaired) electrons. The van der Waals surface area contributed by atoms with Crippen LogP contribution < -0.4 is 0 Å². The minimum atomic E-state index is -3.73. The van der Waals surface area contributed by atoms with Gasteiger partial charge in [-0.25, -0.2) is 8.42 Å². The maximum absolute atomic E-state index is 12.4. The largest absolute Gasteiger partial charge is 0.426 e. The van der Waals surface area contributed by atoms with Crippen LogP contribution in [0, 0.1) is 5.92 Å². The summed E-state index contributed by atoms with van der Waals surface area (Å²) in [6.07, 6.45) is 0.926. The van der Waals surface area contributed by atoms with Gasteiger partial charge in [-0.05, 0) is 41.6 Å². The van der Waals surface area contributed by atoms with Crippen LogP contribution in [0.1, 0.15) is 19.4 Å². The topological polar surface area (TPSA) is 61.1 Å². The molecular weight excluding hydrogens is 328 g/mol. The van der Waals surface area contributed by atoms with Gasteiger partial charge < -0.3 is 9.71 Å². The van der Waals surface area contributed by atoms with Crippen LogP contribution in [0.4, 0.5) is 5.13 Å². The van der Waals surface area contributed by atoms with Gasteiger partial charge >= 0.3 is 0 Å². The second-order valence-electron chi connectivity index (χ2n) is 5.77. The molecule has 6 heteroatoms. The summed E-state index contributed by atoms with van der Waals surface area (Å²) < 4.78 is 29.6. The van der Waals surface area contributed by atoms with E-state index in [1.807, 2.05) is 36.4 Å². The molecule has 2 aromatic carbocycles. The Hall–Kier alpha value is -1.92. The lowest BCUT2D eigenvalue weighted by Crippen LogP contribution is -1.99. The van der Waals surface area contributed by atoms with E-state index in [0.29, 0.717) is 5.92 Å². The normalized spacial score (nSPS) is 12.0. The Morgan fingerprint density at radius 3 is 2.43 bits per heavy atom. The third-order valence-corrected chi connectivity index (χ3v) is 5.67. The third kappa shape index (κ3) is 3.71. The molecule has 0 aliphatic rings. The molecule has 3 aromatic rings. The van der Waals surface area contributed by atoms with Crippen molar-refractivity contribution in [3.8, 4) is 0 Å². The van der Waals surface area contributed by atoms with E-state index in [4.69, 9.17) is 0 Å². The minimum absolute atomic E-state index is 0.198. The molecule has 0 bridgehead atoms. The van der Waals surface area contributed by atoms with Crippen molar-refractivity contribution in [2.45, 2.75) is 25.2 Å². The lowest BCUT2D eigenvalue weighted by molar-refractivity contribution is 0.603. The number of sulfonamides is 1. The predicted molar refractivity (Wildman–Crippen MR) is 94.8 cm³/mol. The van der Waals surface area contributed by atoms with E-state index in [1.54, 1.807) is 12.1 Å². The summed E-state index contributed by atoms with van der Waals surface area (Å²) in [5.74, 6) is 0.532. The first-order valence-electron chi connectivity index (χ1n) is 7.36. The Morgan fingerprint density at radius 2 is 1.78 bits per heavy atom. The van der Waals surface area contributed by atoms with Crippen LogP contribution in [0.2, 0.25) is 0 Å². The molecule has 0 N–H and O–H groups in total. The summed E-state index contributed by atoms with van der Waals surface area (Å²) in [6.45, 7) is 4.26. The Kier molecular flexibility index (Phi) is 4.37. The first-order chi connectivity index (χ1) is 10.9. The van der Waals surface area contributed by atoms with E-state index in [2.05, 4.69) is 23.6 Å². The first-order valence-corrected chi connectivity index (χ1v) is 9.62. The van der Waals surface area contributed by atoms with Crippen molar-refractivity contribution in [3.05, 3.63) is 58.8 Å². The number of hydrogen-bond donors (Lipinski definition) is 0. The molecule has 3 rings (SSSR count). The molecule has 0 aliphatic heterocycles. The molecule has 0 aliphatic carbocycles. The number of para-hydroxylation sites is 1. The lowest BCUT2D eigenvalue weighted by Gasteiger charge is -2.12. The number of nitrogens with zero attached hydrogens (tertiary/aromatic N) is 2. The maximum atomic E-state index is 12.4. The van der Waals surface area contributed by atoms with Crippen molar-refractivity contribution in [3.63, 3.8) is 0 Å². The second-order valence-corrected chi connectivity index (χ2v) is 8.39. The molecule has 0 saturated heterocycles. The smallest absolute Gasteiger partial charge is 0.202 e. The summed E-state index contributed by atoms with van der Waals surface area (Å²) in [7, 11) is -3.73. The number of thiazole rings is 1. The molecule has 0 spiro atoms.